The number of methoxy groups -OCH3 is 1. The lowest BCUT2D eigenvalue weighted by atomic mass is 9.80. The lowest BCUT2D eigenvalue weighted by molar-refractivity contribution is -0.148. The predicted molar refractivity (Wildman–Crippen MR) is 93.7 cm³/mol. The van der Waals surface area contributed by atoms with Gasteiger partial charge in [0.15, 0.2) is 14.1 Å². The molecule has 1 saturated carbocycles. The van der Waals surface area contributed by atoms with Crippen LogP contribution in [0.3, 0.4) is 0 Å². The third kappa shape index (κ3) is 4.63. The summed E-state index contributed by atoms with van der Waals surface area (Å²) in [4.78, 5) is 12.4. The molecule has 0 aromatic heterocycles. The van der Waals surface area contributed by atoms with Crippen molar-refractivity contribution in [3.8, 4) is 0 Å². The molecule has 0 N–H and O–H groups in total. The molecule has 1 rings (SSSR count). The minimum absolute atomic E-state index is 0.0820. The van der Waals surface area contributed by atoms with E-state index in [0.29, 0.717) is 12.8 Å². The van der Waals surface area contributed by atoms with Crippen molar-refractivity contribution in [2.24, 2.45) is 0 Å². The average Bonchev–Trinajstić information content (AvgIpc) is 2.54. The van der Waals surface area contributed by atoms with E-state index in [9.17, 15) is 4.79 Å². The van der Waals surface area contributed by atoms with E-state index in [4.69, 9.17) is 9.16 Å². The summed E-state index contributed by atoms with van der Waals surface area (Å²) in [7, 11) is 0.0287. The number of ketones is 1. The molecule has 0 aliphatic heterocycles. The van der Waals surface area contributed by atoms with E-state index in [0.717, 1.165) is 42.7 Å². The summed E-state index contributed by atoms with van der Waals surface area (Å²) < 4.78 is 12.3. The maximum Gasteiger partial charge on any atom is 0.192 e. The Bertz CT molecular complexity index is 325. The maximum absolute atomic E-state index is 12.4. The van der Waals surface area contributed by atoms with Crippen molar-refractivity contribution in [1.29, 1.82) is 0 Å². The number of carbonyl (C=O) groups is 1. The fourth-order valence-electron chi connectivity index (χ4n) is 3.43. The van der Waals surface area contributed by atoms with Crippen LogP contribution in [0.1, 0.15) is 52.9 Å². The zero-order chi connectivity index (χ0) is 15.9. The molecule has 0 aromatic carbocycles. The molecule has 0 amide bonds. The van der Waals surface area contributed by atoms with Gasteiger partial charge in [-0.2, -0.15) is 0 Å². The summed E-state index contributed by atoms with van der Waals surface area (Å²) in [6, 6.07) is 3.41. The minimum atomic E-state index is -1.65. The molecule has 0 bridgehead atoms. The van der Waals surface area contributed by atoms with Crippen molar-refractivity contribution in [3.05, 3.63) is 0 Å². The third-order valence-electron chi connectivity index (χ3n) is 5.21. The van der Waals surface area contributed by atoms with Crippen LogP contribution in [-0.4, -0.2) is 38.2 Å². The molecule has 21 heavy (non-hydrogen) atoms. The van der Waals surface area contributed by atoms with Gasteiger partial charge in [0, 0.05) is 25.3 Å². The van der Waals surface area contributed by atoms with Gasteiger partial charge in [-0.3, -0.25) is 4.79 Å². The number of hydrogen-bond acceptors (Lipinski definition) is 3. The van der Waals surface area contributed by atoms with E-state index in [-0.39, 0.29) is 11.9 Å². The van der Waals surface area contributed by atoms with E-state index >= 15 is 0 Å². The normalized spacial score (nSPS) is 25.1. The van der Waals surface area contributed by atoms with Gasteiger partial charge in [0.1, 0.15) is 5.60 Å². The first-order valence-electron chi connectivity index (χ1n) is 8.33. The molecule has 124 valence electrons. The van der Waals surface area contributed by atoms with Crippen LogP contribution in [-0.2, 0) is 14.0 Å². The van der Waals surface area contributed by atoms with E-state index in [1.807, 2.05) is 0 Å². The van der Waals surface area contributed by atoms with Crippen LogP contribution in [0.25, 0.3) is 0 Å². The van der Waals surface area contributed by atoms with Crippen LogP contribution in [0.15, 0.2) is 0 Å². The smallest absolute Gasteiger partial charge is 0.192 e. The lowest BCUT2D eigenvalue weighted by Gasteiger charge is -2.40. The summed E-state index contributed by atoms with van der Waals surface area (Å²) in [5.74, 6) is 0.266. The van der Waals surface area contributed by atoms with Crippen molar-refractivity contribution in [2.45, 2.75) is 82.7 Å². The minimum Gasteiger partial charge on any atom is -0.413 e. The van der Waals surface area contributed by atoms with E-state index in [2.05, 4.69) is 36.7 Å². The van der Waals surface area contributed by atoms with Gasteiger partial charge in [-0.25, -0.2) is 0 Å². The molecule has 0 heterocycles. The first-order valence-corrected chi connectivity index (χ1v) is 12.0. The van der Waals surface area contributed by atoms with Crippen LogP contribution < -0.4 is 0 Å². The molecule has 0 spiro atoms. The number of carbonyl (C=O) groups excluding carboxylic acids is 1. The largest absolute Gasteiger partial charge is 0.413 e. The molecule has 1 aliphatic carbocycles. The Morgan fingerprint density at radius 3 is 2.29 bits per heavy atom. The average molecular weight is 379 g/mol. The van der Waals surface area contributed by atoms with Gasteiger partial charge < -0.3 is 9.16 Å². The Balaban J connectivity index is 2.82. The van der Waals surface area contributed by atoms with Crippen LogP contribution >= 0.6 is 15.9 Å². The fraction of sp³-hybridized carbons (Fsp3) is 0.938. The van der Waals surface area contributed by atoms with Gasteiger partial charge in [-0.1, -0.05) is 36.7 Å². The summed E-state index contributed by atoms with van der Waals surface area (Å²) >= 11 is 3.59. The van der Waals surface area contributed by atoms with E-state index in [1.54, 1.807) is 7.11 Å². The summed E-state index contributed by atoms with van der Waals surface area (Å²) in [5, 5.41) is 0.778. The molecule has 2 atom stereocenters. The Hall–Kier alpha value is 0.287. The van der Waals surface area contributed by atoms with Gasteiger partial charge in [0.05, 0.1) is 6.10 Å². The SMILES string of the molecule is CC[Si](CC)(CC)O[C@@H](CBr)C[C@]1(OC)CCCCC1=O. The topological polar surface area (TPSA) is 35.5 Å². The highest BCUT2D eigenvalue weighted by Crippen LogP contribution is 2.35. The van der Waals surface area contributed by atoms with Crippen LogP contribution in [0.2, 0.25) is 18.1 Å². The van der Waals surface area contributed by atoms with Gasteiger partial charge in [0.2, 0.25) is 0 Å². The van der Waals surface area contributed by atoms with Gasteiger partial charge in [0.25, 0.3) is 0 Å². The molecule has 0 radical (unpaired) electrons. The Kier molecular flexibility index (Phi) is 8.10. The van der Waals surface area contributed by atoms with Crippen LogP contribution in [0.4, 0.5) is 0 Å². The second-order valence-corrected chi connectivity index (χ2v) is 11.5. The van der Waals surface area contributed by atoms with Crippen molar-refractivity contribution in [1.82, 2.24) is 0 Å². The highest BCUT2D eigenvalue weighted by Gasteiger charge is 2.43. The molecule has 5 heteroatoms. The molecular formula is C16H31BrO3Si. The zero-order valence-corrected chi connectivity index (χ0v) is 16.6. The molecular weight excluding hydrogens is 348 g/mol. The molecule has 1 fully saturated rings. The molecule has 0 aromatic rings. The maximum atomic E-state index is 12.4. The van der Waals surface area contributed by atoms with Crippen molar-refractivity contribution < 1.29 is 14.0 Å². The first kappa shape index (κ1) is 19.3. The zero-order valence-electron chi connectivity index (χ0n) is 14.0. The highest BCUT2D eigenvalue weighted by molar-refractivity contribution is 9.09. The standard InChI is InChI=1S/C16H31BrO3Si/c1-5-21(6-2,7-3)20-14(13-17)12-16(19-4)11-9-8-10-15(16)18/h14H,5-13H2,1-4H3/t14-,16-/m1/s1. The third-order valence-corrected chi connectivity index (χ3v) is 10.6. The Labute approximate surface area is 139 Å². The first-order chi connectivity index (χ1) is 10.0. The Morgan fingerprint density at radius 1 is 1.24 bits per heavy atom. The predicted octanol–water partition coefficient (Wildman–Crippen LogP) is 4.69. The number of hydrogen-bond donors (Lipinski definition) is 0. The number of rotatable bonds is 9. The van der Waals surface area contributed by atoms with Crippen LogP contribution in [0, 0.1) is 0 Å². The number of ether oxygens (including phenoxy) is 1. The summed E-state index contributed by atoms with van der Waals surface area (Å²) in [6.07, 6.45) is 4.35. The number of alkyl halides is 1. The number of Topliss-reactive ketones (excluding diaryl/α,β-unsaturated/α-hetero) is 1. The van der Waals surface area contributed by atoms with Crippen molar-refractivity contribution >= 4 is 30.0 Å². The van der Waals surface area contributed by atoms with Crippen molar-refractivity contribution in [2.75, 3.05) is 12.4 Å². The van der Waals surface area contributed by atoms with Crippen molar-refractivity contribution in [3.63, 3.8) is 0 Å². The monoisotopic (exact) mass is 378 g/mol. The second-order valence-electron chi connectivity index (χ2n) is 6.17. The Morgan fingerprint density at radius 2 is 1.86 bits per heavy atom. The van der Waals surface area contributed by atoms with Gasteiger partial charge in [-0.05, 0) is 37.4 Å². The van der Waals surface area contributed by atoms with Crippen LogP contribution in [0.5, 0.6) is 0 Å². The highest BCUT2D eigenvalue weighted by atomic mass is 79.9. The fourth-order valence-corrected chi connectivity index (χ4v) is 6.91. The van der Waals surface area contributed by atoms with Gasteiger partial charge in [-0.15, -0.1) is 0 Å². The molecule has 1 aliphatic rings. The lowest BCUT2D eigenvalue weighted by Crippen LogP contribution is -2.49. The van der Waals surface area contributed by atoms with Gasteiger partial charge >= 0.3 is 0 Å². The second kappa shape index (κ2) is 8.80. The van der Waals surface area contributed by atoms with E-state index < -0.39 is 13.9 Å². The molecule has 0 unspecified atom stereocenters. The quantitative estimate of drug-likeness (QED) is 0.431. The molecule has 0 saturated heterocycles. The summed E-state index contributed by atoms with van der Waals surface area (Å²) in [6.45, 7) is 6.72. The molecule has 3 nitrogen and oxygen atoms in total. The summed E-state index contributed by atoms with van der Waals surface area (Å²) in [5.41, 5.74) is -0.605. The number of halogens is 1. The van der Waals surface area contributed by atoms with E-state index in [1.165, 1.54) is 0 Å².